The molecule has 0 spiro atoms. The number of H-pyrrole nitrogens is 1. The van der Waals surface area contributed by atoms with Crippen LogP contribution in [0.4, 0.5) is 5.82 Å². The van der Waals surface area contributed by atoms with Crippen LogP contribution in [0.2, 0.25) is 5.02 Å². The van der Waals surface area contributed by atoms with E-state index in [0.29, 0.717) is 17.4 Å². The lowest BCUT2D eigenvalue weighted by Gasteiger charge is -2.13. The molecule has 5 rings (SSSR count). The first-order chi connectivity index (χ1) is 14.6. The van der Waals surface area contributed by atoms with E-state index in [9.17, 15) is 4.79 Å². The quantitative estimate of drug-likeness (QED) is 0.399. The van der Waals surface area contributed by atoms with Crippen LogP contribution in [0.25, 0.3) is 33.2 Å². The molecule has 148 valence electrons. The number of hydrogen-bond donors (Lipinski definition) is 2. The number of benzene rings is 2. The minimum absolute atomic E-state index is 0.0677. The predicted octanol–water partition coefficient (Wildman–Crippen LogP) is 5.40. The molecule has 30 heavy (non-hydrogen) atoms. The van der Waals surface area contributed by atoms with Crippen molar-refractivity contribution in [1.29, 1.82) is 0 Å². The second-order valence-electron chi connectivity index (χ2n) is 7.07. The smallest absolute Gasteiger partial charge is 0.250 e. The van der Waals surface area contributed by atoms with Crippen LogP contribution >= 0.6 is 22.9 Å². The zero-order valence-corrected chi connectivity index (χ0v) is 17.4. The van der Waals surface area contributed by atoms with E-state index in [1.807, 2.05) is 54.0 Å². The fourth-order valence-electron chi connectivity index (χ4n) is 3.62. The Morgan fingerprint density at radius 1 is 1.03 bits per heavy atom. The third kappa shape index (κ3) is 3.40. The number of aromatic nitrogens is 3. The van der Waals surface area contributed by atoms with Crippen molar-refractivity contribution in [2.75, 3.05) is 5.73 Å². The molecule has 2 aromatic carbocycles. The Hall–Kier alpha value is -3.35. The van der Waals surface area contributed by atoms with Crippen molar-refractivity contribution in [2.45, 2.75) is 6.54 Å². The van der Waals surface area contributed by atoms with Gasteiger partial charge in [0.05, 0.1) is 12.1 Å². The van der Waals surface area contributed by atoms with E-state index in [4.69, 9.17) is 17.3 Å². The van der Waals surface area contributed by atoms with Gasteiger partial charge < -0.3 is 10.3 Å². The molecule has 0 atom stereocenters. The van der Waals surface area contributed by atoms with Gasteiger partial charge in [0, 0.05) is 22.7 Å². The number of rotatable bonds is 4. The van der Waals surface area contributed by atoms with Crippen LogP contribution in [-0.4, -0.2) is 14.8 Å². The van der Waals surface area contributed by atoms with E-state index < -0.39 is 0 Å². The summed E-state index contributed by atoms with van der Waals surface area (Å²) in [5.41, 5.74) is 11.8. The first-order valence-electron chi connectivity index (χ1n) is 9.34. The van der Waals surface area contributed by atoms with Crippen LogP contribution in [0.3, 0.4) is 0 Å². The molecule has 0 radical (unpaired) electrons. The van der Waals surface area contributed by atoms with Gasteiger partial charge in [-0.1, -0.05) is 23.7 Å². The van der Waals surface area contributed by atoms with Crippen molar-refractivity contribution in [3.63, 3.8) is 0 Å². The summed E-state index contributed by atoms with van der Waals surface area (Å²) in [7, 11) is 0. The second-order valence-corrected chi connectivity index (χ2v) is 8.28. The summed E-state index contributed by atoms with van der Waals surface area (Å²) < 4.78 is 1.71. The molecule has 3 aromatic heterocycles. The lowest BCUT2D eigenvalue weighted by atomic mass is 10.0. The molecular formula is C23H17ClN4OS. The third-order valence-electron chi connectivity index (χ3n) is 5.15. The fourth-order valence-corrected chi connectivity index (χ4v) is 4.47. The topological polar surface area (TPSA) is 76.7 Å². The SMILES string of the molecule is Nc1n[nH]c2cc(-c3ccc(=O)n(Cc4cc(Cl)ccc4-c4ccsc4)c3)ccc12. The molecule has 0 bridgehead atoms. The Kier molecular flexibility index (Phi) is 4.65. The molecule has 5 nitrogen and oxygen atoms in total. The van der Waals surface area contributed by atoms with Crippen LogP contribution in [0, 0.1) is 0 Å². The van der Waals surface area contributed by atoms with Crippen molar-refractivity contribution < 1.29 is 0 Å². The van der Waals surface area contributed by atoms with Crippen molar-refractivity contribution in [1.82, 2.24) is 14.8 Å². The molecule has 0 aliphatic carbocycles. The first kappa shape index (κ1) is 18.7. The number of nitrogens with zero attached hydrogens (tertiary/aromatic N) is 2. The molecule has 0 amide bonds. The number of aromatic amines is 1. The van der Waals surface area contributed by atoms with E-state index in [0.717, 1.165) is 38.7 Å². The zero-order valence-electron chi connectivity index (χ0n) is 15.8. The molecule has 7 heteroatoms. The van der Waals surface area contributed by atoms with Crippen LogP contribution in [-0.2, 0) is 6.54 Å². The number of anilines is 1. The highest BCUT2D eigenvalue weighted by molar-refractivity contribution is 7.08. The summed E-state index contributed by atoms with van der Waals surface area (Å²) in [6, 6.07) is 17.2. The summed E-state index contributed by atoms with van der Waals surface area (Å²) in [4.78, 5) is 12.6. The van der Waals surface area contributed by atoms with Gasteiger partial charge in [-0.25, -0.2) is 0 Å². The predicted molar refractivity (Wildman–Crippen MR) is 124 cm³/mol. The van der Waals surface area contributed by atoms with Gasteiger partial charge in [0.25, 0.3) is 5.56 Å². The van der Waals surface area contributed by atoms with Crippen LogP contribution in [0.5, 0.6) is 0 Å². The van der Waals surface area contributed by atoms with E-state index in [1.165, 1.54) is 0 Å². The highest BCUT2D eigenvalue weighted by Crippen LogP contribution is 2.29. The average molecular weight is 433 g/mol. The van der Waals surface area contributed by atoms with Gasteiger partial charge >= 0.3 is 0 Å². The number of nitrogens with two attached hydrogens (primary N) is 1. The Bertz CT molecular complexity index is 1420. The molecule has 0 saturated heterocycles. The Balaban J connectivity index is 1.56. The maximum absolute atomic E-state index is 12.6. The van der Waals surface area contributed by atoms with Crippen LogP contribution < -0.4 is 11.3 Å². The maximum atomic E-state index is 12.6. The number of nitrogen functional groups attached to an aromatic ring is 1. The van der Waals surface area contributed by atoms with Crippen molar-refractivity contribution in [3.8, 4) is 22.3 Å². The molecule has 0 unspecified atom stereocenters. The third-order valence-corrected chi connectivity index (χ3v) is 6.07. The van der Waals surface area contributed by atoms with E-state index in [-0.39, 0.29) is 5.56 Å². The molecule has 0 aliphatic heterocycles. The maximum Gasteiger partial charge on any atom is 0.250 e. The van der Waals surface area contributed by atoms with E-state index >= 15 is 0 Å². The number of hydrogen-bond acceptors (Lipinski definition) is 4. The highest BCUT2D eigenvalue weighted by Gasteiger charge is 2.10. The summed E-state index contributed by atoms with van der Waals surface area (Å²) in [6.45, 7) is 0.428. The minimum Gasteiger partial charge on any atom is -0.382 e. The summed E-state index contributed by atoms with van der Waals surface area (Å²) in [6.07, 6.45) is 1.88. The Morgan fingerprint density at radius 3 is 2.73 bits per heavy atom. The molecule has 3 heterocycles. The van der Waals surface area contributed by atoms with Gasteiger partial charge in [0.15, 0.2) is 5.82 Å². The van der Waals surface area contributed by atoms with Crippen molar-refractivity contribution in [3.05, 3.63) is 92.5 Å². The molecule has 5 aromatic rings. The average Bonchev–Trinajstić information content (AvgIpc) is 3.40. The largest absolute Gasteiger partial charge is 0.382 e. The normalized spacial score (nSPS) is 11.2. The standard InChI is InChI=1S/C23H17ClN4OS/c24-18-3-5-19(16-7-8-30-13-16)17(9-18)12-28-11-15(2-6-22(28)29)14-1-4-20-21(10-14)26-27-23(20)25/h1-11,13H,12H2,(H3,25,26,27). The van der Waals surface area contributed by atoms with Gasteiger partial charge in [0.2, 0.25) is 0 Å². The molecule has 3 N–H and O–H groups in total. The lowest BCUT2D eigenvalue weighted by Crippen LogP contribution is -2.19. The van der Waals surface area contributed by atoms with E-state index in [1.54, 1.807) is 22.0 Å². The highest BCUT2D eigenvalue weighted by atomic mass is 35.5. The number of thiophene rings is 1. The molecule has 0 fully saturated rings. The van der Waals surface area contributed by atoms with Crippen LogP contribution in [0.15, 0.2) is 76.3 Å². The van der Waals surface area contributed by atoms with Gasteiger partial charge in [0.1, 0.15) is 0 Å². The van der Waals surface area contributed by atoms with Gasteiger partial charge in [-0.3, -0.25) is 9.89 Å². The second kappa shape index (κ2) is 7.48. The molecule has 0 saturated carbocycles. The first-order valence-corrected chi connectivity index (χ1v) is 10.7. The van der Waals surface area contributed by atoms with Gasteiger partial charge in [-0.2, -0.15) is 16.4 Å². The lowest BCUT2D eigenvalue weighted by molar-refractivity contribution is 0.762. The van der Waals surface area contributed by atoms with Crippen molar-refractivity contribution in [2.24, 2.45) is 0 Å². The van der Waals surface area contributed by atoms with Gasteiger partial charge in [-0.15, -0.1) is 0 Å². The number of fused-ring (bicyclic) bond motifs is 1. The summed E-state index contributed by atoms with van der Waals surface area (Å²) in [5.74, 6) is 0.475. The van der Waals surface area contributed by atoms with Gasteiger partial charge in [-0.05, 0) is 75.0 Å². The van der Waals surface area contributed by atoms with E-state index in [2.05, 4.69) is 21.6 Å². The van der Waals surface area contributed by atoms with Crippen LogP contribution in [0.1, 0.15) is 5.56 Å². The fraction of sp³-hybridized carbons (Fsp3) is 0.0435. The summed E-state index contributed by atoms with van der Waals surface area (Å²) in [5, 5.41) is 12.6. The number of pyridine rings is 1. The molecule has 0 aliphatic rings. The number of nitrogens with one attached hydrogen (secondary N) is 1. The molecular weight excluding hydrogens is 416 g/mol. The Morgan fingerprint density at radius 2 is 1.90 bits per heavy atom. The zero-order chi connectivity index (χ0) is 20.7. The minimum atomic E-state index is -0.0677. The Labute approximate surface area is 181 Å². The monoisotopic (exact) mass is 432 g/mol. The summed E-state index contributed by atoms with van der Waals surface area (Å²) >= 11 is 7.91. The number of halogens is 1. The van der Waals surface area contributed by atoms with Crippen molar-refractivity contribution >= 4 is 39.7 Å².